The molecule has 2 spiro atoms. The van der Waals surface area contributed by atoms with Crippen molar-refractivity contribution >= 4 is 12.1 Å². The van der Waals surface area contributed by atoms with Gasteiger partial charge in [0.05, 0.1) is 18.2 Å². The Bertz CT molecular complexity index is 1860. The monoisotopic (exact) mass is 803 g/mol. The summed E-state index contributed by atoms with van der Waals surface area (Å²) in [5.74, 6) is 2.26. The summed E-state index contributed by atoms with van der Waals surface area (Å²) in [5.41, 5.74) is 4.12. The average molecular weight is 803 g/mol. The van der Waals surface area contributed by atoms with E-state index in [4.69, 9.17) is 4.74 Å². The highest BCUT2D eigenvalue weighted by Crippen LogP contribution is 2.51. The topological polar surface area (TPSA) is 71.6 Å². The summed E-state index contributed by atoms with van der Waals surface area (Å²) in [4.78, 5) is 37.7. The zero-order valence-corrected chi connectivity index (χ0v) is 36.6. The lowest BCUT2D eigenvalue weighted by molar-refractivity contribution is 0.0159. The van der Waals surface area contributed by atoms with E-state index in [9.17, 15) is 9.59 Å². The molecule has 0 bridgehead atoms. The van der Waals surface area contributed by atoms with E-state index < -0.39 is 0 Å². The molecule has 2 saturated heterocycles. The second-order valence-corrected chi connectivity index (χ2v) is 19.5. The molecule has 2 aliphatic heterocycles. The molecule has 0 aromatic heterocycles. The number of nitrogens with zero attached hydrogens (tertiary/aromatic N) is 5. The first kappa shape index (κ1) is 41.6. The standard InChI is InChI=1S/C29H39N3O2.C21H31N3O/c1-30(2)29(25-10-5-4-6-11-25)18-16-28(17-19-29)22-31(20-24-12-14-26(34-3)15-13-24)27(33)32(28)21-23-8-7-9-23;1-23(2)21(18-9-4-3-5-10-18)13-11-20(12-14-21)16-22-19(25)24(20)15-17-7-6-8-17/h4-6,10-15,23H,7-9,16-22H2,1-3H3;3-5,9-10,17H,6-8,11-16H2,1-2H3,(H,22,25). The molecule has 0 radical (unpaired) electrons. The normalized spacial score (nSPS) is 29.8. The van der Waals surface area contributed by atoms with Crippen molar-refractivity contribution in [3.63, 3.8) is 0 Å². The Morgan fingerprint density at radius 2 is 1.10 bits per heavy atom. The van der Waals surface area contributed by atoms with Crippen molar-refractivity contribution in [3.05, 3.63) is 102 Å². The lowest BCUT2D eigenvalue weighted by Crippen LogP contribution is -2.56. The lowest BCUT2D eigenvalue weighted by Gasteiger charge is -2.51. The fourth-order valence-electron chi connectivity index (χ4n) is 11.6. The van der Waals surface area contributed by atoms with Crippen molar-refractivity contribution in [2.75, 3.05) is 61.5 Å². The largest absolute Gasteiger partial charge is 0.497 e. The number of methoxy groups -OCH3 is 1. The van der Waals surface area contributed by atoms with E-state index in [-0.39, 0.29) is 34.2 Å². The molecule has 4 saturated carbocycles. The quantitative estimate of drug-likeness (QED) is 0.210. The van der Waals surface area contributed by atoms with Gasteiger partial charge in [0.25, 0.3) is 0 Å². The van der Waals surface area contributed by atoms with Crippen LogP contribution in [0, 0.1) is 11.8 Å². The molecule has 6 aliphatic rings. The first-order valence-electron chi connectivity index (χ1n) is 22.7. The Morgan fingerprint density at radius 3 is 1.54 bits per heavy atom. The molecular formula is C50H70N6O3. The van der Waals surface area contributed by atoms with E-state index in [1.807, 2.05) is 12.1 Å². The van der Waals surface area contributed by atoms with Gasteiger partial charge < -0.3 is 24.8 Å². The third-order valence-electron chi connectivity index (χ3n) is 16.2. The van der Waals surface area contributed by atoms with Crippen molar-refractivity contribution in [2.45, 2.75) is 119 Å². The van der Waals surface area contributed by atoms with Gasteiger partial charge >= 0.3 is 12.1 Å². The summed E-state index contributed by atoms with van der Waals surface area (Å²) in [7, 11) is 10.5. The number of carbonyl (C=O) groups is 2. The van der Waals surface area contributed by atoms with E-state index in [1.165, 1.54) is 49.7 Å². The third-order valence-corrected chi connectivity index (χ3v) is 16.2. The van der Waals surface area contributed by atoms with Crippen LogP contribution < -0.4 is 10.1 Å². The number of hydrogen-bond acceptors (Lipinski definition) is 5. The molecular weight excluding hydrogens is 733 g/mol. The Balaban J connectivity index is 0.000000172. The van der Waals surface area contributed by atoms with Crippen LogP contribution in [0.25, 0.3) is 0 Å². The molecule has 9 heteroatoms. The maximum absolute atomic E-state index is 13.8. The predicted octanol–water partition coefficient (Wildman–Crippen LogP) is 9.08. The zero-order chi connectivity index (χ0) is 41.3. The Labute approximate surface area is 354 Å². The molecule has 0 atom stereocenters. The van der Waals surface area contributed by atoms with Crippen molar-refractivity contribution < 1.29 is 14.3 Å². The van der Waals surface area contributed by atoms with Gasteiger partial charge in [-0.25, -0.2) is 9.59 Å². The van der Waals surface area contributed by atoms with Crippen molar-refractivity contribution in [3.8, 4) is 5.75 Å². The molecule has 3 aromatic rings. The maximum Gasteiger partial charge on any atom is 0.320 e. The number of hydrogen-bond donors (Lipinski definition) is 1. The average Bonchev–Trinajstić information content (AvgIpc) is 3.66. The highest BCUT2D eigenvalue weighted by atomic mass is 16.5. The van der Waals surface area contributed by atoms with Gasteiger partial charge in [0.15, 0.2) is 0 Å². The predicted molar refractivity (Wildman–Crippen MR) is 236 cm³/mol. The maximum atomic E-state index is 13.8. The van der Waals surface area contributed by atoms with Gasteiger partial charge in [0.2, 0.25) is 0 Å². The van der Waals surface area contributed by atoms with Crippen LogP contribution in [-0.4, -0.2) is 109 Å². The van der Waals surface area contributed by atoms with Crippen LogP contribution in [0.2, 0.25) is 0 Å². The molecule has 6 fully saturated rings. The molecule has 1 N–H and O–H groups in total. The van der Waals surface area contributed by atoms with E-state index in [0.29, 0.717) is 12.5 Å². The Hall–Kier alpha value is -4.08. The number of carbonyl (C=O) groups excluding carboxylic acids is 2. The molecule has 4 amide bonds. The van der Waals surface area contributed by atoms with Crippen LogP contribution in [0.3, 0.4) is 0 Å². The number of benzene rings is 3. The van der Waals surface area contributed by atoms with E-state index in [1.54, 1.807) is 7.11 Å². The third kappa shape index (κ3) is 7.98. The van der Waals surface area contributed by atoms with Crippen molar-refractivity contribution in [1.82, 2.24) is 29.8 Å². The molecule has 4 aliphatic carbocycles. The van der Waals surface area contributed by atoms with Crippen LogP contribution in [0.15, 0.2) is 84.9 Å². The van der Waals surface area contributed by atoms with Crippen molar-refractivity contribution in [1.29, 1.82) is 0 Å². The Morgan fingerprint density at radius 1 is 0.627 bits per heavy atom. The van der Waals surface area contributed by atoms with Gasteiger partial charge in [-0.1, -0.05) is 85.6 Å². The van der Waals surface area contributed by atoms with Gasteiger partial charge in [-0.05, 0) is 146 Å². The molecule has 318 valence electrons. The molecule has 3 aromatic carbocycles. The fraction of sp³-hybridized carbons (Fsp3) is 0.600. The van der Waals surface area contributed by atoms with Gasteiger partial charge in [0.1, 0.15) is 5.75 Å². The smallest absolute Gasteiger partial charge is 0.320 e. The summed E-state index contributed by atoms with van der Waals surface area (Å²) < 4.78 is 5.31. The first-order valence-corrected chi connectivity index (χ1v) is 22.7. The molecule has 9 rings (SSSR count). The van der Waals surface area contributed by atoms with Gasteiger partial charge in [0, 0.05) is 43.8 Å². The minimum Gasteiger partial charge on any atom is -0.497 e. The fourth-order valence-corrected chi connectivity index (χ4v) is 11.6. The lowest BCUT2D eigenvalue weighted by atomic mass is 9.68. The highest BCUT2D eigenvalue weighted by Gasteiger charge is 2.55. The molecule has 9 nitrogen and oxygen atoms in total. The minimum absolute atomic E-state index is 0.0426. The number of amides is 4. The van der Waals surface area contributed by atoms with Crippen LogP contribution in [0.5, 0.6) is 5.75 Å². The summed E-state index contributed by atoms with van der Waals surface area (Å²) in [6, 6.07) is 30.4. The summed E-state index contributed by atoms with van der Waals surface area (Å²) >= 11 is 0. The zero-order valence-electron chi connectivity index (χ0n) is 36.6. The van der Waals surface area contributed by atoms with Crippen LogP contribution in [-0.2, 0) is 17.6 Å². The molecule has 0 unspecified atom stereocenters. The van der Waals surface area contributed by atoms with Gasteiger partial charge in [-0.2, -0.15) is 0 Å². The summed E-state index contributed by atoms with van der Waals surface area (Å²) in [6.45, 7) is 4.23. The molecule has 59 heavy (non-hydrogen) atoms. The Kier molecular flexibility index (Phi) is 12.1. The second kappa shape index (κ2) is 17.1. The van der Waals surface area contributed by atoms with Gasteiger partial charge in [-0.3, -0.25) is 9.80 Å². The number of rotatable bonds is 11. The number of nitrogens with one attached hydrogen (secondary N) is 1. The molecule has 2 heterocycles. The van der Waals surface area contributed by atoms with Crippen molar-refractivity contribution in [2.24, 2.45) is 11.8 Å². The number of ether oxygens (including phenoxy) is 1. The summed E-state index contributed by atoms with van der Waals surface area (Å²) in [5, 5.41) is 3.15. The van der Waals surface area contributed by atoms with Crippen LogP contribution in [0.4, 0.5) is 9.59 Å². The highest BCUT2D eigenvalue weighted by molar-refractivity contribution is 5.79. The van der Waals surface area contributed by atoms with Crippen LogP contribution in [0.1, 0.15) is 107 Å². The first-order chi connectivity index (χ1) is 28.5. The number of urea groups is 2. The summed E-state index contributed by atoms with van der Waals surface area (Å²) in [6.07, 6.45) is 16.4. The minimum atomic E-state index is -0.0482. The van der Waals surface area contributed by atoms with E-state index in [0.717, 1.165) is 94.8 Å². The second-order valence-electron chi connectivity index (χ2n) is 19.5. The van der Waals surface area contributed by atoms with E-state index in [2.05, 4.69) is 131 Å². The van der Waals surface area contributed by atoms with Gasteiger partial charge in [-0.15, -0.1) is 0 Å². The van der Waals surface area contributed by atoms with E-state index >= 15 is 0 Å². The van der Waals surface area contributed by atoms with Crippen LogP contribution >= 0.6 is 0 Å². The SMILES string of the molecule is CN(C)C1(c2ccccc2)CCC2(CC1)CNC(=O)N2CC1CCC1.COc1ccc(CN2CC3(CCC(c4ccccc4)(N(C)C)CC3)N(CC3CCC3)C2=O)cc1.